The Bertz CT molecular complexity index is 616. The standard InChI is InChI=1S/C19H24O2.C3H8/c1-10(2)14(6)15-9-16(20)18(19(15)21)17-12(4)7-11(3)8-13(17)5;1-3-2/h7-8,14-15,18H,1,9H2,2-6H3;3H2,1-2H3. The van der Waals surface area contributed by atoms with Crippen LogP contribution in [0.25, 0.3) is 0 Å². The fourth-order valence-electron chi connectivity index (χ4n) is 3.52. The number of benzene rings is 1. The highest BCUT2D eigenvalue weighted by molar-refractivity contribution is 6.15. The van der Waals surface area contributed by atoms with Gasteiger partial charge in [0.05, 0.1) is 0 Å². The zero-order valence-corrected chi connectivity index (χ0v) is 16.3. The smallest absolute Gasteiger partial charge is 0.151 e. The van der Waals surface area contributed by atoms with Gasteiger partial charge in [-0.15, -0.1) is 0 Å². The fourth-order valence-corrected chi connectivity index (χ4v) is 3.52. The molecular weight excluding hydrogens is 296 g/mol. The molecule has 2 nitrogen and oxygen atoms in total. The van der Waals surface area contributed by atoms with Gasteiger partial charge < -0.3 is 0 Å². The van der Waals surface area contributed by atoms with Crippen LogP contribution in [0.15, 0.2) is 24.3 Å². The number of hydrogen-bond donors (Lipinski definition) is 0. The lowest BCUT2D eigenvalue weighted by molar-refractivity contribution is -0.125. The van der Waals surface area contributed by atoms with Gasteiger partial charge in [-0.25, -0.2) is 0 Å². The van der Waals surface area contributed by atoms with Crippen molar-refractivity contribution in [2.75, 3.05) is 0 Å². The summed E-state index contributed by atoms with van der Waals surface area (Å²) in [6, 6.07) is 4.11. The van der Waals surface area contributed by atoms with E-state index in [9.17, 15) is 9.59 Å². The van der Waals surface area contributed by atoms with Gasteiger partial charge in [-0.3, -0.25) is 9.59 Å². The van der Waals surface area contributed by atoms with Gasteiger partial charge in [-0.05, 0) is 50.3 Å². The molecule has 0 amide bonds. The minimum atomic E-state index is -0.572. The van der Waals surface area contributed by atoms with Crippen LogP contribution in [-0.2, 0) is 9.59 Å². The molecule has 2 rings (SSSR count). The molecule has 0 saturated heterocycles. The molecule has 0 aliphatic heterocycles. The minimum absolute atomic E-state index is 0.0631. The molecule has 24 heavy (non-hydrogen) atoms. The van der Waals surface area contributed by atoms with E-state index in [1.54, 1.807) is 0 Å². The molecule has 3 unspecified atom stereocenters. The zero-order valence-electron chi connectivity index (χ0n) is 16.3. The van der Waals surface area contributed by atoms with Gasteiger partial charge in [0, 0.05) is 12.3 Å². The second-order valence-electron chi connectivity index (χ2n) is 7.27. The Morgan fingerprint density at radius 1 is 1.17 bits per heavy atom. The van der Waals surface area contributed by atoms with Crippen molar-refractivity contribution in [3.05, 3.63) is 46.5 Å². The molecule has 0 bridgehead atoms. The van der Waals surface area contributed by atoms with E-state index in [2.05, 4.69) is 32.6 Å². The molecule has 1 saturated carbocycles. The zero-order chi connectivity index (χ0) is 18.6. The molecule has 1 aromatic rings. The number of rotatable bonds is 3. The van der Waals surface area contributed by atoms with Crippen molar-refractivity contribution in [2.45, 2.75) is 67.2 Å². The summed E-state index contributed by atoms with van der Waals surface area (Å²) in [5.74, 6) is -0.575. The van der Waals surface area contributed by atoms with E-state index in [1.165, 1.54) is 12.0 Å². The molecule has 0 radical (unpaired) electrons. The van der Waals surface area contributed by atoms with Gasteiger partial charge in [0.25, 0.3) is 0 Å². The van der Waals surface area contributed by atoms with Crippen LogP contribution < -0.4 is 0 Å². The first-order valence-electron chi connectivity index (χ1n) is 8.95. The first kappa shape index (κ1) is 20.3. The SMILES string of the molecule is C=C(C)C(C)C1CC(=O)C(c2c(C)cc(C)cc2C)C1=O.CCC. The highest BCUT2D eigenvalue weighted by atomic mass is 16.2. The number of carbonyl (C=O) groups excluding carboxylic acids is 2. The summed E-state index contributed by atoms with van der Waals surface area (Å²) in [6.45, 7) is 18.1. The lowest BCUT2D eigenvalue weighted by Gasteiger charge is -2.19. The van der Waals surface area contributed by atoms with Crippen LogP contribution in [0.2, 0.25) is 0 Å². The Morgan fingerprint density at radius 2 is 1.62 bits per heavy atom. The van der Waals surface area contributed by atoms with Crippen LogP contribution in [0.4, 0.5) is 0 Å². The highest BCUT2D eigenvalue weighted by Crippen LogP contribution is 2.40. The second-order valence-corrected chi connectivity index (χ2v) is 7.27. The first-order chi connectivity index (χ1) is 11.1. The Labute approximate surface area is 147 Å². The van der Waals surface area contributed by atoms with Gasteiger partial charge in [-0.1, -0.05) is 57.0 Å². The van der Waals surface area contributed by atoms with Crippen LogP contribution in [0.1, 0.15) is 68.7 Å². The monoisotopic (exact) mass is 328 g/mol. The third-order valence-corrected chi connectivity index (χ3v) is 4.80. The van der Waals surface area contributed by atoms with E-state index in [4.69, 9.17) is 0 Å². The summed E-state index contributed by atoms with van der Waals surface area (Å²) in [5.41, 5.74) is 5.15. The molecule has 0 heterocycles. The van der Waals surface area contributed by atoms with Crippen LogP contribution in [0.5, 0.6) is 0 Å². The Morgan fingerprint density at radius 3 is 2.04 bits per heavy atom. The largest absolute Gasteiger partial charge is 0.298 e. The van der Waals surface area contributed by atoms with Gasteiger partial charge in [0.15, 0.2) is 5.78 Å². The molecule has 1 aliphatic carbocycles. The number of aryl methyl sites for hydroxylation is 3. The Kier molecular flexibility index (Phi) is 7.13. The molecule has 2 heteroatoms. The predicted octanol–water partition coefficient (Wildman–Crippen LogP) is 5.48. The molecule has 0 N–H and O–H groups in total. The van der Waals surface area contributed by atoms with Crippen LogP contribution in [0.3, 0.4) is 0 Å². The third-order valence-electron chi connectivity index (χ3n) is 4.80. The predicted molar refractivity (Wildman–Crippen MR) is 101 cm³/mol. The molecule has 1 fully saturated rings. The number of Topliss-reactive ketones (excluding diaryl/α,β-unsaturated/α-hetero) is 2. The summed E-state index contributed by atoms with van der Waals surface area (Å²) in [5, 5.41) is 0. The van der Waals surface area contributed by atoms with E-state index in [0.717, 1.165) is 22.3 Å². The summed E-state index contributed by atoms with van der Waals surface area (Å²) in [7, 11) is 0. The molecule has 0 spiro atoms. The van der Waals surface area contributed by atoms with Crippen molar-refractivity contribution in [3.63, 3.8) is 0 Å². The molecule has 1 aliphatic rings. The molecule has 1 aromatic carbocycles. The number of carbonyl (C=O) groups is 2. The minimum Gasteiger partial charge on any atom is -0.298 e. The second kappa shape index (κ2) is 8.41. The van der Waals surface area contributed by atoms with E-state index < -0.39 is 5.92 Å². The Balaban J connectivity index is 0.000000891. The first-order valence-corrected chi connectivity index (χ1v) is 8.95. The van der Waals surface area contributed by atoms with Crippen LogP contribution in [0, 0.1) is 32.6 Å². The van der Waals surface area contributed by atoms with Gasteiger partial charge >= 0.3 is 0 Å². The van der Waals surface area contributed by atoms with Gasteiger partial charge in [0.1, 0.15) is 11.7 Å². The lowest BCUT2D eigenvalue weighted by Crippen LogP contribution is -2.21. The van der Waals surface area contributed by atoms with Gasteiger partial charge in [-0.2, -0.15) is 0 Å². The van der Waals surface area contributed by atoms with Crippen molar-refractivity contribution in [2.24, 2.45) is 11.8 Å². The average molecular weight is 328 g/mol. The quantitative estimate of drug-likeness (QED) is 0.543. The maximum Gasteiger partial charge on any atom is 0.151 e. The van der Waals surface area contributed by atoms with E-state index in [1.807, 2.05) is 34.6 Å². The van der Waals surface area contributed by atoms with Crippen molar-refractivity contribution < 1.29 is 9.59 Å². The van der Waals surface area contributed by atoms with E-state index in [-0.39, 0.29) is 23.4 Å². The van der Waals surface area contributed by atoms with Crippen molar-refractivity contribution in [3.8, 4) is 0 Å². The van der Waals surface area contributed by atoms with E-state index in [0.29, 0.717) is 6.42 Å². The molecular formula is C22H32O2. The third kappa shape index (κ3) is 4.23. The number of hydrogen-bond acceptors (Lipinski definition) is 2. The van der Waals surface area contributed by atoms with Crippen molar-refractivity contribution >= 4 is 11.6 Å². The summed E-state index contributed by atoms with van der Waals surface area (Å²) >= 11 is 0. The maximum absolute atomic E-state index is 12.8. The number of ketones is 2. The van der Waals surface area contributed by atoms with Crippen LogP contribution in [-0.4, -0.2) is 11.6 Å². The van der Waals surface area contributed by atoms with Crippen molar-refractivity contribution in [1.82, 2.24) is 0 Å². The van der Waals surface area contributed by atoms with Crippen molar-refractivity contribution in [1.29, 1.82) is 0 Å². The summed E-state index contributed by atoms with van der Waals surface area (Å²) < 4.78 is 0. The topological polar surface area (TPSA) is 34.1 Å². The Hall–Kier alpha value is -1.70. The summed E-state index contributed by atoms with van der Waals surface area (Å²) in [6.07, 6.45) is 1.60. The average Bonchev–Trinajstić information content (AvgIpc) is 2.74. The lowest BCUT2D eigenvalue weighted by atomic mass is 9.83. The molecule has 3 atom stereocenters. The normalized spacial score (nSPS) is 21.3. The molecule has 132 valence electrons. The fraction of sp³-hybridized carbons (Fsp3) is 0.545. The van der Waals surface area contributed by atoms with E-state index >= 15 is 0 Å². The maximum atomic E-state index is 12.8. The molecule has 0 aromatic heterocycles. The number of allylic oxidation sites excluding steroid dienone is 1. The van der Waals surface area contributed by atoms with Crippen LogP contribution >= 0.6 is 0 Å². The highest BCUT2D eigenvalue weighted by Gasteiger charge is 2.45. The van der Waals surface area contributed by atoms with Gasteiger partial charge in [0.2, 0.25) is 0 Å². The summed E-state index contributed by atoms with van der Waals surface area (Å²) in [4.78, 5) is 25.3.